The van der Waals surface area contributed by atoms with Gasteiger partial charge in [0.1, 0.15) is 5.82 Å². The number of hydrogen-bond acceptors (Lipinski definition) is 3. The second kappa shape index (κ2) is 7.05. The molecule has 1 saturated heterocycles. The number of hydrogen-bond donors (Lipinski definition) is 1. The summed E-state index contributed by atoms with van der Waals surface area (Å²) in [5, 5.41) is 3.55. The van der Waals surface area contributed by atoms with Crippen molar-refractivity contribution in [3.63, 3.8) is 0 Å². The molecule has 1 aliphatic heterocycles. The minimum Gasteiger partial charge on any atom is -0.366 e. The molecule has 110 valence electrons. The molecule has 1 aromatic heterocycles. The molecule has 2 aromatic rings. The SMILES string of the molecule is Brc1ccc(NC2CCCN(Cc3ccccc3)C2)nc1. The predicted molar refractivity (Wildman–Crippen MR) is 90.3 cm³/mol. The van der Waals surface area contributed by atoms with E-state index in [-0.39, 0.29) is 0 Å². The van der Waals surface area contributed by atoms with Crippen molar-refractivity contribution in [2.45, 2.75) is 25.4 Å². The van der Waals surface area contributed by atoms with Crippen LogP contribution >= 0.6 is 15.9 Å². The third-order valence-electron chi connectivity index (χ3n) is 3.83. The van der Waals surface area contributed by atoms with Crippen LogP contribution in [-0.4, -0.2) is 29.0 Å². The number of aromatic nitrogens is 1. The number of nitrogens with one attached hydrogen (secondary N) is 1. The van der Waals surface area contributed by atoms with Crippen molar-refractivity contribution in [2.75, 3.05) is 18.4 Å². The van der Waals surface area contributed by atoms with Crippen LogP contribution in [0.4, 0.5) is 5.82 Å². The van der Waals surface area contributed by atoms with Crippen molar-refractivity contribution in [1.82, 2.24) is 9.88 Å². The maximum atomic E-state index is 4.40. The van der Waals surface area contributed by atoms with Gasteiger partial charge in [0.2, 0.25) is 0 Å². The minimum atomic E-state index is 0.483. The summed E-state index contributed by atoms with van der Waals surface area (Å²) in [6, 6.07) is 15.2. The average molecular weight is 346 g/mol. The first kappa shape index (κ1) is 14.5. The maximum absolute atomic E-state index is 4.40. The number of anilines is 1. The molecular weight excluding hydrogens is 326 g/mol. The Morgan fingerprint density at radius 3 is 2.81 bits per heavy atom. The topological polar surface area (TPSA) is 28.2 Å². The van der Waals surface area contributed by atoms with Crippen molar-refractivity contribution >= 4 is 21.7 Å². The second-order valence-corrected chi connectivity index (χ2v) is 6.48. The summed E-state index contributed by atoms with van der Waals surface area (Å²) in [7, 11) is 0. The number of nitrogens with zero attached hydrogens (tertiary/aromatic N) is 2. The van der Waals surface area contributed by atoms with E-state index in [2.05, 4.69) is 61.5 Å². The van der Waals surface area contributed by atoms with Gasteiger partial charge in [-0.15, -0.1) is 0 Å². The van der Waals surface area contributed by atoms with Crippen LogP contribution in [0.2, 0.25) is 0 Å². The number of piperidine rings is 1. The lowest BCUT2D eigenvalue weighted by atomic mass is 10.0. The molecule has 0 spiro atoms. The zero-order chi connectivity index (χ0) is 14.5. The Balaban J connectivity index is 1.57. The Kier molecular flexibility index (Phi) is 4.88. The highest BCUT2D eigenvalue weighted by Crippen LogP contribution is 2.18. The molecule has 1 fully saturated rings. The Bertz CT molecular complexity index is 556. The van der Waals surface area contributed by atoms with Crippen LogP contribution in [0.3, 0.4) is 0 Å². The van der Waals surface area contributed by atoms with Crippen molar-refractivity contribution in [1.29, 1.82) is 0 Å². The molecule has 0 bridgehead atoms. The van der Waals surface area contributed by atoms with Crippen LogP contribution in [0.15, 0.2) is 53.1 Å². The summed E-state index contributed by atoms with van der Waals surface area (Å²) in [6.07, 6.45) is 4.29. The van der Waals surface area contributed by atoms with Crippen LogP contribution in [0.25, 0.3) is 0 Å². The van der Waals surface area contributed by atoms with E-state index >= 15 is 0 Å². The number of rotatable bonds is 4. The normalized spacial score (nSPS) is 19.4. The Labute approximate surface area is 134 Å². The van der Waals surface area contributed by atoms with E-state index in [0.29, 0.717) is 6.04 Å². The van der Waals surface area contributed by atoms with Crippen molar-refractivity contribution in [3.05, 3.63) is 58.7 Å². The lowest BCUT2D eigenvalue weighted by Gasteiger charge is -2.33. The fraction of sp³-hybridized carbons (Fsp3) is 0.353. The third-order valence-corrected chi connectivity index (χ3v) is 4.30. The largest absolute Gasteiger partial charge is 0.366 e. The summed E-state index contributed by atoms with van der Waals surface area (Å²) in [4.78, 5) is 6.93. The van der Waals surface area contributed by atoms with Crippen molar-refractivity contribution < 1.29 is 0 Å². The van der Waals surface area contributed by atoms with Gasteiger partial charge >= 0.3 is 0 Å². The molecule has 0 amide bonds. The molecular formula is C17H20BrN3. The molecule has 1 unspecified atom stereocenters. The molecule has 1 N–H and O–H groups in total. The molecule has 1 aliphatic rings. The van der Waals surface area contributed by atoms with E-state index in [1.165, 1.54) is 24.9 Å². The summed E-state index contributed by atoms with van der Waals surface area (Å²) in [6.45, 7) is 3.29. The molecule has 0 radical (unpaired) electrons. The fourth-order valence-electron chi connectivity index (χ4n) is 2.83. The molecule has 1 atom stereocenters. The highest BCUT2D eigenvalue weighted by Gasteiger charge is 2.19. The van der Waals surface area contributed by atoms with Crippen LogP contribution in [-0.2, 0) is 6.54 Å². The van der Waals surface area contributed by atoms with Gasteiger partial charge in [0.15, 0.2) is 0 Å². The van der Waals surface area contributed by atoms with Gasteiger partial charge < -0.3 is 5.32 Å². The van der Waals surface area contributed by atoms with E-state index in [9.17, 15) is 0 Å². The Morgan fingerprint density at radius 1 is 1.19 bits per heavy atom. The molecule has 2 heterocycles. The van der Waals surface area contributed by atoms with Crippen molar-refractivity contribution in [3.8, 4) is 0 Å². The molecule has 1 aromatic carbocycles. The van der Waals surface area contributed by atoms with Gasteiger partial charge in [-0.2, -0.15) is 0 Å². The summed E-state index contributed by atoms with van der Waals surface area (Å²) in [5.74, 6) is 0.963. The first-order valence-corrected chi connectivity index (χ1v) is 8.23. The summed E-state index contributed by atoms with van der Waals surface area (Å²) < 4.78 is 1.02. The molecule has 3 nitrogen and oxygen atoms in total. The summed E-state index contributed by atoms with van der Waals surface area (Å²) >= 11 is 3.42. The van der Waals surface area contributed by atoms with E-state index in [1.54, 1.807) is 0 Å². The minimum absolute atomic E-state index is 0.483. The summed E-state index contributed by atoms with van der Waals surface area (Å²) in [5.41, 5.74) is 1.39. The standard InChI is InChI=1S/C17H20BrN3/c18-15-8-9-17(19-11-15)20-16-7-4-10-21(13-16)12-14-5-2-1-3-6-14/h1-3,5-6,8-9,11,16H,4,7,10,12-13H2,(H,19,20). The zero-order valence-corrected chi connectivity index (χ0v) is 13.6. The predicted octanol–water partition coefficient (Wildman–Crippen LogP) is 3.92. The van der Waals surface area contributed by atoms with Gasteiger partial charge in [0.05, 0.1) is 0 Å². The quantitative estimate of drug-likeness (QED) is 0.910. The highest BCUT2D eigenvalue weighted by atomic mass is 79.9. The zero-order valence-electron chi connectivity index (χ0n) is 12.0. The maximum Gasteiger partial charge on any atom is 0.126 e. The highest BCUT2D eigenvalue weighted by molar-refractivity contribution is 9.10. The van der Waals surface area contributed by atoms with E-state index in [0.717, 1.165) is 23.4 Å². The first-order valence-electron chi connectivity index (χ1n) is 7.44. The Hall–Kier alpha value is -1.39. The van der Waals surface area contributed by atoms with Gasteiger partial charge in [-0.05, 0) is 53.0 Å². The number of likely N-dealkylation sites (tertiary alicyclic amines) is 1. The van der Waals surface area contributed by atoms with Crippen molar-refractivity contribution in [2.24, 2.45) is 0 Å². The smallest absolute Gasteiger partial charge is 0.126 e. The van der Waals surface area contributed by atoms with E-state index in [1.807, 2.05) is 18.3 Å². The first-order chi connectivity index (χ1) is 10.3. The monoisotopic (exact) mass is 345 g/mol. The van der Waals surface area contributed by atoms with Crippen LogP contribution < -0.4 is 5.32 Å². The number of halogens is 1. The number of benzene rings is 1. The lowest BCUT2D eigenvalue weighted by Crippen LogP contribution is -2.41. The molecule has 0 aliphatic carbocycles. The van der Waals surface area contributed by atoms with Crippen LogP contribution in [0, 0.1) is 0 Å². The van der Waals surface area contributed by atoms with E-state index in [4.69, 9.17) is 0 Å². The Morgan fingerprint density at radius 2 is 2.05 bits per heavy atom. The molecule has 0 saturated carbocycles. The van der Waals surface area contributed by atoms with Gasteiger partial charge in [0.25, 0.3) is 0 Å². The third kappa shape index (κ3) is 4.29. The molecule has 4 heteroatoms. The second-order valence-electron chi connectivity index (χ2n) is 5.57. The van der Waals surface area contributed by atoms with Gasteiger partial charge in [-0.25, -0.2) is 4.98 Å². The molecule has 21 heavy (non-hydrogen) atoms. The average Bonchev–Trinajstić information content (AvgIpc) is 2.51. The van der Waals surface area contributed by atoms with Gasteiger partial charge in [-0.3, -0.25) is 4.90 Å². The van der Waals surface area contributed by atoms with Gasteiger partial charge in [-0.1, -0.05) is 30.3 Å². The van der Waals surface area contributed by atoms with Gasteiger partial charge in [0, 0.05) is 29.8 Å². The lowest BCUT2D eigenvalue weighted by molar-refractivity contribution is 0.208. The van der Waals surface area contributed by atoms with Crippen LogP contribution in [0.5, 0.6) is 0 Å². The van der Waals surface area contributed by atoms with Crippen LogP contribution in [0.1, 0.15) is 18.4 Å². The number of pyridine rings is 1. The fourth-order valence-corrected chi connectivity index (χ4v) is 3.06. The molecule has 3 rings (SSSR count). The van der Waals surface area contributed by atoms with E-state index < -0.39 is 0 Å².